The molecule has 0 bridgehead atoms. The van der Waals surface area contributed by atoms with Gasteiger partial charge in [-0.05, 0) is 79.4 Å². The zero-order valence-electron chi connectivity index (χ0n) is 22.5. The molecular weight excluding hydrogens is 549 g/mol. The molecule has 7 nitrogen and oxygen atoms in total. The predicted molar refractivity (Wildman–Crippen MR) is 137 cm³/mol. The third-order valence-electron chi connectivity index (χ3n) is 10.7. The number of fused-ring (bicyclic) bond motifs is 5. The second-order valence-corrected chi connectivity index (χ2v) is 14.0. The van der Waals surface area contributed by atoms with Gasteiger partial charge in [-0.25, -0.2) is 0 Å². The average molecular weight is 585 g/mol. The van der Waals surface area contributed by atoms with Crippen LogP contribution in [0, 0.1) is 29.1 Å². The molecule has 1 aromatic rings. The summed E-state index contributed by atoms with van der Waals surface area (Å²) in [7, 11) is -5.74. The minimum Gasteiger partial charge on any atom is -0.376 e. The third kappa shape index (κ3) is 3.73. The highest BCUT2D eigenvalue weighted by atomic mass is 32.2. The first-order chi connectivity index (χ1) is 19.0. The summed E-state index contributed by atoms with van der Waals surface area (Å²) in [4.78, 5) is 0. The fourth-order valence-electron chi connectivity index (χ4n) is 9.35. The van der Waals surface area contributed by atoms with Gasteiger partial charge in [0.15, 0.2) is 0 Å². The number of allylic oxidation sites excluding steroid dienone is 2. The second-order valence-electron chi connectivity index (χ2n) is 12.5. The van der Waals surface area contributed by atoms with E-state index in [2.05, 4.69) is 17.2 Å². The Kier molecular flexibility index (Phi) is 6.23. The first-order valence-corrected chi connectivity index (χ1v) is 15.8. The Hall–Kier alpha value is -1.66. The van der Waals surface area contributed by atoms with E-state index in [1.807, 2.05) is 0 Å². The third-order valence-corrected chi connectivity index (χ3v) is 11.7. The van der Waals surface area contributed by atoms with Crippen molar-refractivity contribution in [1.29, 1.82) is 0 Å². The lowest BCUT2D eigenvalue weighted by Crippen LogP contribution is -2.70. The molecule has 6 aliphatic rings. The summed E-state index contributed by atoms with van der Waals surface area (Å²) in [6.07, 6.45) is 9.44. The summed E-state index contributed by atoms with van der Waals surface area (Å²) in [5.41, 5.74) is -3.44. The molecule has 0 aromatic heterocycles. The fourth-order valence-corrected chi connectivity index (χ4v) is 9.81. The van der Waals surface area contributed by atoms with Gasteiger partial charge in [0.05, 0.1) is 26.4 Å². The van der Waals surface area contributed by atoms with E-state index in [0.29, 0.717) is 50.6 Å². The molecule has 40 heavy (non-hydrogen) atoms. The smallest absolute Gasteiger partial charge is 0.376 e. The molecule has 11 heteroatoms. The van der Waals surface area contributed by atoms with Gasteiger partial charge < -0.3 is 23.1 Å². The first kappa shape index (κ1) is 27.2. The fraction of sp³-hybridized carbons (Fsp3) is 0.724. The summed E-state index contributed by atoms with van der Waals surface area (Å²) in [5, 5.41) is 0. The molecule has 0 radical (unpaired) electrons. The van der Waals surface area contributed by atoms with Gasteiger partial charge in [-0.2, -0.15) is 21.6 Å². The maximum Gasteiger partial charge on any atom is 0.534 e. The average Bonchev–Trinajstić information content (AvgIpc) is 3.18. The molecule has 0 N–H and O–H groups in total. The Labute approximate surface area is 232 Å². The molecule has 220 valence electrons. The van der Waals surface area contributed by atoms with Crippen molar-refractivity contribution in [3.63, 3.8) is 0 Å². The van der Waals surface area contributed by atoms with E-state index in [1.54, 1.807) is 12.1 Å². The van der Waals surface area contributed by atoms with Gasteiger partial charge in [0.2, 0.25) is 11.6 Å². The van der Waals surface area contributed by atoms with Crippen molar-refractivity contribution in [2.24, 2.45) is 29.1 Å². The number of halogens is 3. The highest BCUT2D eigenvalue weighted by Crippen LogP contribution is 2.72. The summed E-state index contributed by atoms with van der Waals surface area (Å²) in [6.45, 7) is 3.96. The van der Waals surface area contributed by atoms with Crippen LogP contribution >= 0.6 is 0 Å². The van der Waals surface area contributed by atoms with Crippen molar-refractivity contribution in [2.45, 2.75) is 74.9 Å². The predicted octanol–water partition coefficient (Wildman–Crippen LogP) is 5.67. The number of hydrogen-bond donors (Lipinski definition) is 0. The van der Waals surface area contributed by atoms with Crippen LogP contribution in [0.5, 0.6) is 5.75 Å². The molecule has 0 amide bonds. The van der Waals surface area contributed by atoms with E-state index >= 15 is 0 Å². The minimum atomic E-state index is -5.74. The maximum absolute atomic E-state index is 12.9. The monoisotopic (exact) mass is 584 g/mol. The molecule has 3 saturated carbocycles. The molecule has 0 spiro atoms. The zero-order valence-corrected chi connectivity index (χ0v) is 23.3. The van der Waals surface area contributed by atoms with Crippen LogP contribution in [0.25, 0.3) is 0 Å². The molecule has 6 atom stereocenters. The quantitative estimate of drug-likeness (QED) is 0.257. The van der Waals surface area contributed by atoms with Crippen LogP contribution in [0.3, 0.4) is 0 Å². The minimum absolute atomic E-state index is 0.0625. The molecule has 2 aliphatic heterocycles. The maximum atomic E-state index is 12.9. The van der Waals surface area contributed by atoms with Crippen LogP contribution in [0.15, 0.2) is 35.9 Å². The Balaban J connectivity index is 1.30. The molecule has 1 aromatic carbocycles. The largest absolute Gasteiger partial charge is 0.534 e. The first-order valence-electron chi connectivity index (χ1n) is 14.4. The Morgan fingerprint density at radius 2 is 1.60 bits per heavy atom. The van der Waals surface area contributed by atoms with E-state index in [0.717, 1.165) is 31.2 Å². The second kappa shape index (κ2) is 9.17. The molecule has 2 saturated heterocycles. The van der Waals surface area contributed by atoms with E-state index < -0.39 is 32.6 Å². The van der Waals surface area contributed by atoms with Crippen molar-refractivity contribution in [2.75, 3.05) is 26.4 Å². The molecule has 5 fully saturated rings. The van der Waals surface area contributed by atoms with Crippen LogP contribution in [0.1, 0.15) is 63.4 Å². The lowest BCUT2D eigenvalue weighted by molar-refractivity contribution is -0.474. The summed E-state index contributed by atoms with van der Waals surface area (Å²) in [5.74, 6) is -0.949. The van der Waals surface area contributed by atoms with Crippen molar-refractivity contribution in [3.05, 3.63) is 41.5 Å². The summed E-state index contributed by atoms with van der Waals surface area (Å²) in [6, 6.07) is 6.12. The zero-order chi connectivity index (χ0) is 28.0. The Morgan fingerprint density at radius 1 is 0.925 bits per heavy atom. The standard InChI is InChI=1S/C29H35F3O7S/c1-26-16-23(19-6-9-20(10-7-19)39-40(33,34)29(30,31)32)25-21-5-3-2-4-18(21)8-11-22(25)24(26)17-27-28(26,37-14-12-35-27)38-15-13-36-27/h6-10,21-25H,2-5,11-17H2,1H3/t21-,22-,23+,24-,25+,26-,27?,28?/m0/s1. The van der Waals surface area contributed by atoms with E-state index in [4.69, 9.17) is 18.9 Å². The summed E-state index contributed by atoms with van der Waals surface area (Å²) >= 11 is 0. The lowest BCUT2D eigenvalue weighted by Gasteiger charge is -2.60. The van der Waals surface area contributed by atoms with Crippen molar-refractivity contribution in [1.82, 2.24) is 0 Å². The Morgan fingerprint density at radius 3 is 2.27 bits per heavy atom. The van der Waals surface area contributed by atoms with Crippen molar-refractivity contribution >= 4 is 10.1 Å². The van der Waals surface area contributed by atoms with Gasteiger partial charge in [-0.1, -0.05) is 37.1 Å². The van der Waals surface area contributed by atoms with Crippen LogP contribution in [0.2, 0.25) is 0 Å². The molecule has 0 unspecified atom stereocenters. The van der Waals surface area contributed by atoms with Gasteiger partial charge >= 0.3 is 15.6 Å². The number of ether oxygens (including phenoxy) is 4. The Bertz CT molecular complexity index is 1280. The van der Waals surface area contributed by atoms with E-state index in [1.165, 1.54) is 30.5 Å². The SMILES string of the molecule is C[C@]12C[C@H](c3ccc(OS(=O)(=O)C(F)(F)F)cc3)[C@H]3[C@@H](CC=C4CCCC[C@@H]43)[C@@H]1CC13OCCOC12OCCO3. The van der Waals surface area contributed by atoms with Gasteiger partial charge in [-0.15, -0.1) is 0 Å². The highest BCUT2D eigenvalue weighted by molar-refractivity contribution is 7.88. The van der Waals surface area contributed by atoms with Crippen LogP contribution in [-0.2, 0) is 29.1 Å². The topological polar surface area (TPSA) is 80.3 Å². The highest BCUT2D eigenvalue weighted by Gasteiger charge is 2.79. The van der Waals surface area contributed by atoms with Crippen LogP contribution < -0.4 is 4.18 Å². The number of hydrogen-bond acceptors (Lipinski definition) is 7. The number of benzene rings is 1. The normalized spacial score (nSPS) is 42.9. The van der Waals surface area contributed by atoms with Crippen LogP contribution in [-0.4, -0.2) is 51.9 Å². The van der Waals surface area contributed by atoms with Gasteiger partial charge in [-0.3, -0.25) is 0 Å². The van der Waals surface area contributed by atoms with Crippen molar-refractivity contribution in [3.8, 4) is 5.75 Å². The number of rotatable bonds is 3. The van der Waals surface area contributed by atoms with Gasteiger partial charge in [0.25, 0.3) is 0 Å². The molecule has 4 aliphatic carbocycles. The molecule has 7 rings (SSSR count). The van der Waals surface area contributed by atoms with E-state index in [9.17, 15) is 21.6 Å². The molecular formula is C29H35F3O7S. The molecule has 2 heterocycles. The van der Waals surface area contributed by atoms with Crippen molar-refractivity contribution < 1.29 is 44.7 Å². The van der Waals surface area contributed by atoms with Gasteiger partial charge in [0.1, 0.15) is 5.75 Å². The number of alkyl halides is 3. The van der Waals surface area contributed by atoms with Crippen LogP contribution in [0.4, 0.5) is 13.2 Å². The lowest BCUT2D eigenvalue weighted by atomic mass is 9.48. The van der Waals surface area contributed by atoms with Gasteiger partial charge in [0, 0.05) is 11.8 Å². The summed E-state index contributed by atoms with van der Waals surface area (Å²) < 4.78 is 92.2. The van der Waals surface area contributed by atoms with E-state index in [-0.39, 0.29) is 17.6 Å².